The van der Waals surface area contributed by atoms with Crippen LogP contribution in [0.1, 0.15) is 17.2 Å². The SMILES string of the molecule is COCc1nc(NN)cc(NCc2cccc(C)n2)n1. The number of aromatic nitrogens is 3. The normalized spacial score (nSPS) is 10.3. The first-order valence-electron chi connectivity index (χ1n) is 6.21. The molecule has 2 heterocycles. The molecule has 7 nitrogen and oxygen atoms in total. The molecule has 0 unspecified atom stereocenters. The number of nitrogens with zero attached hydrogens (tertiary/aromatic N) is 3. The molecule has 2 aromatic rings. The third-order valence-electron chi connectivity index (χ3n) is 2.59. The van der Waals surface area contributed by atoms with E-state index in [0.717, 1.165) is 11.4 Å². The van der Waals surface area contributed by atoms with Crippen LogP contribution in [0.2, 0.25) is 0 Å². The molecule has 0 aromatic carbocycles. The molecule has 0 spiro atoms. The number of pyridine rings is 1. The van der Waals surface area contributed by atoms with Gasteiger partial charge in [-0.05, 0) is 19.1 Å². The van der Waals surface area contributed by atoms with E-state index >= 15 is 0 Å². The molecule has 0 fully saturated rings. The van der Waals surface area contributed by atoms with Crippen molar-refractivity contribution < 1.29 is 4.74 Å². The Hall–Kier alpha value is -2.25. The molecule has 20 heavy (non-hydrogen) atoms. The molecule has 4 N–H and O–H groups in total. The first-order chi connectivity index (χ1) is 9.71. The predicted octanol–water partition coefficient (Wildman–Crippen LogP) is 1.22. The monoisotopic (exact) mass is 274 g/mol. The Kier molecular flexibility index (Phi) is 4.80. The topological polar surface area (TPSA) is 98.0 Å². The van der Waals surface area contributed by atoms with Crippen LogP contribution in [-0.4, -0.2) is 22.1 Å². The highest BCUT2D eigenvalue weighted by Crippen LogP contribution is 2.12. The summed E-state index contributed by atoms with van der Waals surface area (Å²) in [6.07, 6.45) is 0. The van der Waals surface area contributed by atoms with Gasteiger partial charge in [-0.25, -0.2) is 15.8 Å². The fraction of sp³-hybridized carbons (Fsp3) is 0.308. The minimum atomic E-state index is 0.326. The van der Waals surface area contributed by atoms with Crippen LogP contribution in [0.3, 0.4) is 0 Å². The van der Waals surface area contributed by atoms with Gasteiger partial charge in [0.1, 0.15) is 18.2 Å². The molecule has 2 aromatic heterocycles. The average molecular weight is 274 g/mol. The van der Waals surface area contributed by atoms with Crippen molar-refractivity contribution in [1.82, 2.24) is 15.0 Å². The highest BCUT2D eigenvalue weighted by molar-refractivity contribution is 5.47. The Morgan fingerprint density at radius 3 is 2.70 bits per heavy atom. The summed E-state index contributed by atoms with van der Waals surface area (Å²) < 4.78 is 5.03. The summed E-state index contributed by atoms with van der Waals surface area (Å²) in [4.78, 5) is 12.9. The van der Waals surface area contributed by atoms with E-state index in [0.29, 0.717) is 30.6 Å². The van der Waals surface area contributed by atoms with E-state index < -0.39 is 0 Å². The van der Waals surface area contributed by atoms with Crippen LogP contribution < -0.4 is 16.6 Å². The van der Waals surface area contributed by atoms with Crippen molar-refractivity contribution in [3.05, 3.63) is 41.5 Å². The zero-order valence-corrected chi connectivity index (χ0v) is 11.6. The van der Waals surface area contributed by atoms with Gasteiger partial charge in [0.15, 0.2) is 5.82 Å². The molecular formula is C13H18N6O. The molecule has 0 aliphatic rings. The van der Waals surface area contributed by atoms with Crippen molar-refractivity contribution in [2.45, 2.75) is 20.1 Å². The Morgan fingerprint density at radius 1 is 1.20 bits per heavy atom. The van der Waals surface area contributed by atoms with Crippen LogP contribution in [0.5, 0.6) is 0 Å². The molecule has 2 rings (SSSR count). The van der Waals surface area contributed by atoms with Gasteiger partial charge < -0.3 is 15.5 Å². The fourth-order valence-corrected chi connectivity index (χ4v) is 1.73. The molecule has 7 heteroatoms. The van der Waals surface area contributed by atoms with E-state index in [9.17, 15) is 0 Å². The van der Waals surface area contributed by atoms with Crippen LogP contribution in [0.15, 0.2) is 24.3 Å². The maximum Gasteiger partial charge on any atom is 0.158 e. The Balaban J connectivity index is 2.10. The lowest BCUT2D eigenvalue weighted by Crippen LogP contribution is -2.13. The fourth-order valence-electron chi connectivity index (χ4n) is 1.73. The number of ether oxygens (including phenoxy) is 1. The van der Waals surface area contributed by atoms with Gasteiger partial charge in [-0.15, -0.1) is 0 Å². The molecule has 0 aliphatic carbocycles. The second kappa shape index (κ2) is 6.78. The quantitative estimate of drug-likeness (QED) is 0.538. The zero-order valence-electron chi connectivity index (χ0n) is 11.6. The van der Waals surface area contributed by atoms with E-state index in [1.54, 1.807) is 13.2 Å². The second-order valence-corrected chi connectivity index (χ2v) is 4.26. The van der Waals surface area contributed by atoms with Crippen LogP contribution in [-0.2, 0) is 17.9 Å². The summed E-state index contributed by atoms with van der Waals surface area (Å²) in [5.74, 6) is 7.15. The van der Waals surface area contributed by atoms with Crippen LogP contribution in [0.25, 0.3) is 0 Å². The molecule has 0 amide bonds. The van der Waals surface area contributed by atoms with Crippen molar-refractivity contribution in [3.8, 4) is 0 Å². The van der Waals surface area contributed by atoms with Gasteiger partial charge >= 0.3 is 0 Å². The summed E-state index contributed by atoms with van der Waals surface area (Å²) in [6.45, 7) is 2.86. The minimum absolute atomic E-state index is 0.326. The number of methoxy groups -OCH3 is 1. The summed E-state index contributed by atoms with van der Waals surface area (Å²) in [7, 11) is 1.59. The average Bonchev–Trinajstić information content (AvgIpc) is 2.45. The van der Waals surface area contributed by atoms with Crippen LogP contribution in [0, 0.1) is 6.92 Å². The summed E-state index contributed by atoms with van der Waals surface area (Å²) in [6, 6.07) is 7.62. The highest BCUT2D eigenvalue weighted by atomic mass is 16.5. The third kappa shape index (κ3) is 3.87. The van der Waals surface area contributed by atoms with Crippen molar-refractivity contribution >= 4 is 11.6 Å². The van der Waals surface area contributed by atoms with Crippen molar-refractivity contribution in [2.24, 2.45) is 5.84 Å². The predicted molar refractivity (Wildman–Crippen MR) is 76.9 cm³/mol. The molecule has 0 saturated heterocycles. The third-order valence-corrected chi connectivity index (χ3v) is 2.59. The van der Waals surface area contributed by atoms with Crippen molar-refractivity contribution in [2.75, 3.05) is 17.9 Å². The van der Waals surface area contributed by atoms with Gasteiger partial charge in [0.05, 0.1) is 12.2 Å². The van der Waals surface area contributed by atoms with Gasteiger partial charge in [-0.3, -0.25) is 4.98 Å². The van der Waals surface area contributed by atoms with E-state index in [4.69, 9.17) is 10.6 Å². The first-order valence-corrected chi connectivity index (χ1v) is 6.21. The summed E-state index contributed by atoms with van der Waals surface area (Å²) in [5, 5.41) is 3.20. The van der Waals surface area contributed by atoms with Crippen LogP contribution >= 0.6 is 0 Å². The van der Waals surface area contributed by atoms with Gasteiger partial charge in [0.25, 0.3) is 0 Å². The lowest BCUT2D eigenvalue weighted by atomic mass is 10.3. The molecule has 0 bridgehead atoms. The lowest BCUT2D eigenvalue weighted by molar-refractivity contribution is 0.178. The maximum absolute atomic E-state index is 5.39. The van der Waals surface area contributed by atoms with E-state index in [2.05, 4.69) is 25.7 Å². The van der Waals surface area contributed by atoms with Crippen molar-refractivity contribution in [3.63, 3.8) is 0 Å². The number of hydrogen-bond donors (Lipinski definition) is 3. The van der Waals surface area contributed by atoms with Gasteiger partial charge in [-0.2, -0.15) is 0 Å². The Morgan fingerprint density at radius 2 is 2.00 bits per heavy atom. The summed E-state index contributed by atoms with van der Waals surface area (Å²) >= 11 is 0. The number of nitrogens with two attached hydrogens (primary N) is 1. The van der Waals surface area contributed by atoms with Crippen LogP contribution in [0.4, 0.5) is 11.6 Å². The maximum atomic E-state index is 5.39. The van der Waals surface area contributed by atoms with Crippen molar-refractivity contribution in [1.29, 1.82) is 0 Å². The number of nitrogen functional groups attached to an aromatic ring is 1. The molecule has 0 saturated carbocycles. The Labute approximate surface area is 117 Å². The first kappa shape index (κ1) is 14.2. The number of hydrogen-bond acceptors (Lipinski definition) is 7. The number of nitrogens with one attached hydrogen (secondary N) is 2. The number of hydrazine groups is 1. The standard InChI is InChI=1S/C13H18N6O/c1-9-4-3-5-10(16-9)7-15-11-6-12(19-14)18-13(17-11)8-20-2/h3-6H,7-8,14H2,1-2H3,(H2,15,17,18,19). The van der Waals surface area contributed by atoms with Gasteiger partial charge in [-0.1, -0.05) is 6.07 Å². The molecule has 0 atom stereocenters. The smallest absolute Gasteiger partial charge is 0.158 e. The summed E-state index contributed by atoms with van der Waals surface area (Å²) in [5.41, 5.74) is 4.44. The van der Waals surface area contributed by atoms with Gasteiger partial charge in [0.2, 0.25) is 0 Å². The minimum Gasteiger partial charge on any atom is -0.377 e. The molecule has 0 aliphatic heterocycles. The van der Waals surface area contributed by atoms with E-state index in [1.165, 1.54) is 0 Å². The Bertz CT molecular complexity index is 575. The largest absolute Gasteiger partial charge is 0.377 e. The number of anilines is 2. The lowest BCUT2D eigenvalue weighted by Gasteiger charge is -2.09. The molecule has 0 radical (unpaired) electrons. The molecule has 106 valence electrons. The van der Waals surface area contributed by atoms with Gasteiger partial charge in [0, 0.05) is 18.9 Å². The number of rotatable bonds is 6. The zero-order chi connectivity index (χ0) is 14.4. The number of aryl methyl sites for hydroxylation is 1. The molecular weight excluding hydrogens is 256 g/mol. The second-order valence-electron chi connectivity index (χ2n) is 4.26. The van der Waals surface area contributed by atoms with E-state index in [-0.39, 0.29) is 0 Å². The highest BCUT2D eigenvalue weighted by Gasteiger charge is 2.04. The van der Waals surface area contributed by atoms with E-state index in [1.807, 2.05) is 25.1 Å².